The van der Waals surface area contributed by atoms with Crippen molar-refractivity contribution < 1.29 is 18.4 Å². The van der Waals surface area contributed by atoms with Gasteiger partial charge in [0.2, 0.25) is 0 Å². The highest BCUT2D eigenvalue weighted by molar-refractivity contribution is 7.91. The van der Waals surface area contributed by atoms with Crippen LogP contribution in [-0.2, 0) is 15.4 Å². The van der Waals surface area contributed by atoms with E-state index in [1.165, 1.54) is 13.0 Å². The van der Waals surface area contributed by atoms with Crippen LogP contribution in [0, 0.1) is 17.0 Å². The molecule has 23 heavy (non-hydrogen) atoms. The Morgan fingerprint density at radius 2 is 2.00 bits per heavy atom. The Morgan fingerprint density at radius 3 is 2.57 bits per heavy atom. The number of nitrogens with zero attached hydrogens (tertiary/aromatic N) is 1. The summed E-state index contributed by atoms with van der Waals surface area (Å²) >= 11 is 0. The fraction of sp³-hybridized carbons (Fsp3) is 0.467. The van der Waals surface area contributed by atoms with Crippen LogP contribution in [0.4, 0.5) is 5.69 Å². The Morgan fingerprint density at radius 1 is 1.35 bits per heavy atom. The van der Waals surface area contributed by atoms with Gasteiger partial charge in [-0.2, -0.15) is 0 Å². The number of nitrogens with one attached hydrogen (secondary N) is 1. The third-order valence-corrected chi connectivity index (χ3v) is 5.76. The lowest BCUT2D eigenvalue weighted by Crippen LogP contribution is -2.32. The summed E-state index contributed by atoms with van der Waals surface area (Å²) in [5.74, 6) is -0.393. The summed E-state index contributed by atoms with van der Waals surface area (Å²) in [5.41, 5.74) is -0.158. The van der Waals surface area contributed by atoms with E-state index in [0.717, 1.165) is 0 Å². The molecule has 0 saturated carbocycles. The van der Waals surface area contributed by atoms with Crippen molar-refractivity contribution in [1.82, 2.24) is 4.98 Å². The smallest absolute Gasteiger partial charge is 0.273 e. The third-order valence-electron chi connectivity index (χ3n) is 3.73. The van der Waals surface area contributed by atoms with Crippen LogP contribution in [0.2, 0.25) is 0 Å². The summed E-state index contributed by atoms with van der Waals surface area (Å²) in [4.78, 5) is 13.5. The van der Waals surface area contributed by atoms with Crippen LogP contribution in [0.3, 0.4) is 0 Å². The molecule has 0 spiro atoms. The molecule has 0 aliphatic heterocycles. The maximum Gasteiger partial charge on any atom is 0.273 e. The maximum atomic E-state index is 12.0. The number of nitro benzene ring substituents is 1. The molecular formula is C15H20N2O5S. The maximum absolute atomic E-state index is 12.0. The van der Waals surface area contributed by atoms with Crippen molar-refractivity contribution in [2.75, 3.05) is 11.5 Å². The second kappa shape index (κ2) is 5.93. The Kier molecular flexibility index (Phi) is 4.50. The largest absolute Gasteiger partial charge is 0.383 e. The average Bonchev–Trinajstić information content (AvgIpc) is 2.79. The lowest BCUT2D eigenvalue weighted by molar-refractivity contribution is -0.385. The quantitative estimate of drug-likeness (QED) is 0.619. The number of aromatic nitrogens is 1. The number of aryl methyl sites for hydroxylation is 1. The van der Waals surface area contributed by atoms with E-state index in [2.05, 4.69) is 4.98 Å². The van der Waals surface area contributed by atoms with E-state index in [4.69, 9.17) is 0 Å². The molecule has 1 aromatic heterocycles. The number of rotatable bonds is 6. The number of aromatic amines is 1. The van der Waals surface area contributed by atoms with Crippen molar-refractivity contribution in [3.63, 3.8) is 0 Å². The van der Waals surface area contributed by atoms with Gasteiger partial charge in [0.25, 0.3) is 5.69 Å². The van der Waals surface area contributed by atoms with Gasteiger partial charge in [0.05, 0.1) is 16.4 Å². The van der Waals surface area contributed by atoms with Crippen LogP contribution in [-0.4, -0.2) is 34.9 Å². The second-order valence-corrected chi connectivity index (χ2v) is 8.22. The molecular weight excluding hydrogens is 320 g/mol. The van der Waals surface area contributed by atoms with Gasteiger partial charge in [0, 0.05) is 28.2 Å². The van der Waals surface area contributed by atoms with Crippen LogP contribution in [0.5, 0.6) is 0 Å². The van der Waals surface area contributed by atoms with Crippen LogP contribution in [0.15, 0.2) is 18.2 Å². The van der Waals surface area contributed by atoms with Crippen molar-refractivity contribution >= 4 is 26.4 Å². The lowest BCUT2D eigenvalue weighted by Gasteiger charge is -2.21. The zero-order chi connectivity index (χ0) is 17.4. The first kappa shape index (κ1) is 17.4. The van der Waals surface area contributed by atoms with Gasteiger partial charge in [-0.05, 0) is 32.4 Å². The molecule has 1 unspecified atom stereocenters. The standard InChI is InChI=1S/C15H20N2O5S/c1-4-5-23(21,22)9-15(3,18)14-8-11-7-13(17(19)20)10(2)6-12(11)16-14/h6-8,16,18H,4-5,9H2,1-3H3. The van der Waals surface area contributed by atoms with Crippen LogP contribution in [0.25, 0.3) is 10.9 Å². The van der Waals surface area contributed by atoms with Crippen molar-refractivity contribution in [3.8, 4) is 0 Å². The van der Waals surface area contributed by atoms with Crippen molar-refractivity contribution in [1.29, 1.82) is 0 Å². The topological polar surface area (TPSA) is 113 Å². The van der Waals surface area contributed by atoms with E-state index < -0.39 is 26.1 Å². The average molecular weight is 340 g/mol. The molecule has 0 fully saturated rings. The molecule has 0 bridgehead atoms. The highest BCUT2D eigenvalue weighted by Crippen LogP contribution is 2.30. The predicted molar refractivity (Wildman–Crippen MR) is 88.2 cm³/mol. The summed E-state index contributed by atoms with van der Waals surface area (Å²) in [5, 5.41) is 22.1. The molecule has 0 amide bonds. The normalized spacial score (nSPS) is 14.8. The highest BCUT2D eigenvalue weighted by Gasteiger charge is 2.31. The van der Waals surface area contributed by atoms with E-state index in [1.807, 2.05) is 0 Å². The Labute approximate surface area is 134 Å². The molecule has 1 aromatic carbocycles. The molecule has 2 N–H and O–H groups in total. The minimum atomic E-state index is -3.38. The van der Waals surface area contributed by atoms with Gasteiger partial charge in [-0.1, -0.05) is 6.92 Å². The van der Waals surface area contributed by atoms with E-state index in [1.54, 1.807) is 26.0 Å². The van der Waals surface area contributed by atoms with Gasteiger partial charge in [0.1, 0.15) is 5.60 Å². The molecule has 0 saturated heterocycles. The SMILES string of the molecule is CCCS(=O)(=O)CC(C)(O)c1cc2cc([N+](=O)[O-])c(C)cc2[nH]1. The highest BCUT2D eigenvalue weighted by atomic mass is 32.2. The van der Waals surface area contributed by atoms with Crippen molar-refractivity contribution in [3.05, 3.63) is 39.6 Å². The number of hydrogen-bond acceptors (Lipinski definition) is 5. The van der Waals surface area contributed by atoms with E-state index in [-0.39, 0.29) is 11.4 Å². The van der Waals surface area contributed by atoms with Crippen LogP contribution < -0.4 is 0 Å². The number of hydrogen-bond donors (Lipinski definition) is 2. The Balaban J connectivity index is 2.45. The number of benzene rings is 1. The fourth-order valence-corrected chi connectivity index (χ4v) is 4.43. The Bertz CT molecular complexity index is 852. The lowest BCUT2D eigenvalue weighted by atomic mass is 10.1. The molecule has 8 heteroatoms. The zero-order valence-corrected chi connectivity index (χ0v) is 14.1. The summed E-state index contributed by atoms with van der Waals surface area (Å²) in [6, 6.07) is 4.60. The summed E-state index contributed by atoms with van der Waals surface area (Å²) < 4.78 is 23.9. The number of H-pyrrole nitrogens is 1. The van der Waals surface area contributed by atoms with Crippen molar-refractivity contribution in [2.45, 2.75) is 32.8 Å². The molecule has 7 nitrogen and oxygen atoms in total. The second-order valence-electron chi connectivity index (χ2n) is 6.03. The van der Waals surface area contributed by atoms with Gasteiger partial charge < -0.3 is 10.1 Å². The molecule has 2 rings (SSSR count). The van der Waals surface area contributed by atoms with Crippen LogP contribution in [0.1, 0.15) is 31.5 Å². The molecule has 1 atom stereocenters. The van der Waals surface area contributed by atoms with Crippen LogP contribution >= 0.6 is 0 Å². The number of aliphatic hydroxyl groups is 1. The summed E-state index contributed by atoms with van der Waals surface area (Å²) in [6.07, 6.45) is 0.483. The fourth-order valence-electron chi connectivity index (χ4n) is 2.65. The molecule has 126 valence electrons. The first-order chi connectivity index (χ1) is 10.6. The molecule has 0 aliphatic rings. The predicted octanol–water partition coefficient (Wildman–Crippen LogP) is 2.42. The van der Waals surface area contributed by atoms with Crippen molar-refractivity contribution in [2.24, 2.45) is 0 Å². The summed E-state index contributed by atoms with van der Waals surface area (Å²) in [6.45, 7) is 4.81. The number of nitro groups is 1. The Hall–Kier alpha value is -1.93. The minimum absolute atomic E-state index is 0.00790. The van der Waals surface area contributed by atoms with Gasteiger partial charge >= 0.3 is 0 Å². The van der Waals surface area contributed by atoms with Gasteiger partial charge in [-0.25, -0.2) is 8.42 Å². The zero-order valence-electron chi connectivity index (χ0n) is 13.3. The number of sulfone groups is 1. The van der Waals surface area contributed by atoms with E-state index in [0.29, 0.717) is 28.6 Å². The molecule has 1 heterocycles. The molecule has 2 aromatic rings. The first-order valence-electron chi connectivity index (χ1n) is 7.27. The van der Waals surface area contributed by atoms with Gasteiger partial charge in [0.15, 0.2) is 9.84 Å². The first-order valence-corrected chi connectivity index (χ1v) is 9.09. The minimum Gasteiger partial charge on any atom is -0.383 e. The van der Waals surface area contributed by atoms with Gasteiger partial charge in [-0.15, -0.1) is 0 Å². The monoisotopic (exact) mass is 340 g/mol. The van der Waals surface area contributed by atoms with E-state index >= 15 is 0 Å². The van der Waals surface area contributed by atoms with E-state index in [9.17, 15) is 23.6 Å². The van der Waals surface area contributed by atoms with Gasteiger partial charge in [-0.3, -0.25) is 10.1 Å². The molecule has 0 aliphatic carbocycles. The molecule has 0 radical (unpaired) electrons. The third kappa shape index (κ3) is 3.70. The number of fused-ring (bicyclic) bond motifs is 1. The summed E-state index contributed by atoms with van der Waals surface area (Å²) in [7, 11) is -3.38.